The molecular formula is C16H23NO4. The Morgan fingerprint density at radius 1 is 1.14 bits per heavy atom. The van der Waals surface area contributed by atoms with E-state index in [9.17, 15) is 9.59 Å². The predicted molar refractivity (Wildman–Crippen MR) is 80.3 cm³/mol. The molecule has 0 radical (unpaired) electrons. The van der Waals surface area contributed by atoms with Crippen LogP contribution in [0.4, 0.5) is 0 Å². The Labute approximate surface area is 125 Å². The second kappa shape index (κ2) is 8.29. The number of benzene rings is 1. The molecule has 1 amide bonds. The van der Waals surface area contributed by atoms with Crippen molar-refractivity contribution in [2.24, 2.45) is 5.92 Å². The van der Waals surface area contributed by atoms with E-state index >= 15 is 0 Å². The monoisotopic (exact) mass is 293 g/mol. The highest BCUT2D eigenvalue weighted by molar-refractivity contribution is 5.91. The van der Waals surface area contributed by atoms with E-state index in [-0.39, 0.29) is 18.6 Å². The number of hydrogen-bond acceptors (Lipinski definition) is 4. The smallest absolute Gasteiger partial charge is 0.338 e. The summed E-state index contributed by atoms with van der Waals surface area (Å²) in [6.45, 7) is 8.12. The summed E-state index contributed by atoms with van der Waals surface area (Å²) in [5, 5.41) is 2.78. The van der Waals surface area contributed by atoms with Gasteiger partial charge in [-0.2, -0.15) is 0 Å². The van der Waals surface area contributed by atoms with Gasteiger partial charge in [0.05, 0.1) is 12.2 Å². The van der Waals surface area contributed by atoms with Crippen LogP contribution < -0.4 is 10.1 Å². The Kier molecular flexibility index (Phi) is 6.72. The molecule has 0 heterocycles. The zero-order chi connectivity index (χ0) is 15.8. The molecule has 1 rings (SSSR count). The summed E-state index contributed by atoms with van der Waals surface area (Å²) in [6, 6.07) is 6.66. The van der Waals surface area contributed by atoms with Crippen molar-refractivity contribution in [1.82, 2.24) is 5.32 Å². The van der Waals surface area contributed by atoms with Gasteiger partial charge in [-0.25, -0.2) is 4.79 Å². The van der Waals surface area contributed by atoms with Crippen LogP contribution in [0, 0.1) is 5.92 Å². The van der Waals surface area contributed by atoms with E-state index in [1.165, 1.54) is 0 Å². The lowest BCUT2D eigenvalue weighted by molar-refractivity contribution is -0.125. The first-order chi connectivity index (χ1) is 9.93. The molecule has 0 aliphatic heterocycles. The van der Waals surface area contributed by atoms with E-state index in [2.05, 4.69) is 5.32 Å². The minimum absolute atomic E-state index is 0.0432. The van der Waals surface area contributed by atoms with Crippen molar-refractivity contribution < 1.29 is 19.1 Å². The minimum Gasteiger partial charge on any atom is -0.494 e. The Morgan fingerprint density at radius 2 is 1.76 bits per heavy atom. The van der Waals surface area contributed by atoms with Crippen LogP contribution in [0.1, 0.15) is 38.1 Å². The van der Waals surface area contributed by atoms with Crippen LogP contribution in [-0.2, 0) is 9.53 Å². The molecular weight excluding hydrogens is 270 g/mol. The number of hydrogen-bond donors (Lipinski definition) is 1. The molecule has 5 heteroatoms. The first-order valence-electron chi connectivity index (χ1n) is 7.13. The highest BCUT2D eigenvalue weighted by atomic mass is 16.5. The Balaban J connectivity index is 2.44. The Hall–Kier alpha value is -2.04. The summed E-state index contributed by atoms with van der Waals surface area (Å²) >= 11 is 0. The van der Waals surface area contributed by atoms with Gasteiger partial charge in [0, 0.05) is 6.04 Å². The molecule has 0 aromatic heterocycles. The molecule has 21 heavy (non-hydrogen) atoms. The summed E-state index contributed by atoms with van der Waals surface area (Å²) < 4.78 is 10.3. The van der Waals surface area contributed by atoms with Crippen LogP contribution >= 0.6 is 0 Å². The van der Waals surface area contributed by atoms with Gasteiger partial charge >= 0.3 is 5.97 Å². The van der Waals surface area contributed by atoms with Crippen LogP contribution in [0.5, 0.6) is 5.75 Å². The van der Waals surface area contributed by atoms with E-state index in [4.69, 9.17) is 9.47 Å². The third-order valence-electron chi connectivity index (χ3n) is 3.12. The number of amides is 1. The average Bonchev–Trinajstić information content (AvgIpc) is 2.45. The molecule has 0 aliphatic rings. The molecule has 5 nitrogen and oxygen atoms in total. The molecule has 1 atom stereocenters. The van der Waals surface area contributed by atoms with Crippen LogP contribution in [-0.4, -0.2) is 31.1 Å². The van der Waals surface area contributed by atoms with Crippen molar-refractivity contribution in [3.8, 4) is 5.75 Å². The molecule has 0 aliphatic carbocycles. The maximum Gasteiger partial charge on any atom is 0.338 e. The van der Waals surface area contributed by atoms with Gasteiger partial charge in [-0.3, -0.25) is 4.79 Å². The van der Waals surface area contributed by atoms with Crippen molar-refractivity contribution in [2.75, 3.05) is 13.2 Å². The van der Waals surface area contributed by atoms with Gasteiger partial charge in [-0.05, 0) is 44.0 Å². The lowest BCUT2D eigenvalue weighted by Gasteiger charge is -2.17. The van der Waals surface area contributed by atoms with Crippen molar-refractivity contribution in [3.63, 3.8) is 0 Å². The predicted octanol–water partition coefficient (Wildman–Crippen LogP) is 2.40. The number of esters is 1. The van der Waals surface area contributed by atoms with Gasteiger partial charge in [0.1, 0.15) is 5.75 Å². The molecule has 116 valence electrons. The fourth-order valence-electron chi connectivity index (χ4n) is 1.53. The molecule has 1 N–H and O–H groups in total. The fraction of sp³-hybridized carbons (Fsp3) is 0.500. The van der Waals surface area contributed by atoms with Crippen LogP contribution in [0.3, 0.4) is 0 Å². The molecule has 1 aromatic carbocycles. The number of carbonyl (C=O) groups excluding carboxylic acids is 2. The van der Waals surface area contributed by atoms with E-state index < -0.39 is 5.97 Å². The van der Waals surface area contributed by atoms with Gasteiger partial charge in [-0.1, -0.05) is 13.8 Å². The maximum atomic E-state index is 11.8. The minimum atomic E-state index is -0.523. The van der Waals surface area contributed by atoms with Crippen molar-refractivity contribution in [1.29, 1.82) is 0 Å². The molecule has 1 aromatic rings. The highest BCUT2D eigenvalue weighted by Crippen LogP contribution is 2.12. The SMILES string of the molecule is CCOc1ccc(C(=O)OCC(=O)N[C@H](C)C(C)C)cc1. The van der Waals surface area contributed by atoms with E-state index in [1.54, 1.807) is 24.3 Å². The van der Waals surface area contributed by atoms with Crippen LogP contribution in [0.2, 0.25) is 0 Å². The Bertz CT molecular complexity index is 468. The zero-order valence-electron chi connectivity index (χ0n) is 13.0. The van der Waals surface area contributed by atoms with Crippen molar-refractivity contribution in [2.45, 2.75) is 33.7 Å². The molecule has 0 fully saturated rings. The number of rotatable bonds is 7. The first-order valence-corrected chi connectivity index (χ1v) is 7.13. The molecule has 0 unspecified atom stereocenters. The van der Waals surface area contributed by atoms with E-state index in [0.29, 0.717) is 23.8 Å². The van der Waals surface area contributed by atoms with Gasteiger partial charge in [0.15, 0.2) is 6.61 Å². The highest BCUT2D eigenvalue weighted by Gasteiger charge is 2.13. The fourth-order valence-corrected chi connectivity index (χ4v) is 1.53. The van der Waals surface area contributed by atoms with Crippen LogP contribution in [0.15, 0.2) is 24.3 Å². The van der Waals surface area contributed by atoms with Gasteiger partial charge < -0.3 is 14.8 Å². The van der Waals surface area contributed by atoms with Gasteiger partial charge in [0.25, 0.3) is 5.91 Å². The molecule has 0 bridgehead atoms. The number of carbonyl (C=O) groups is 2. The van der Waals surface area contributed by atoms with Crippen molar-refractivity contribution >= 4 is 11.9 Å². The van der Waals surface area contributed by atoms with Gasteiger partial charge in [0.2, 0.25) is 0 Å². The standard InChI is InChI=1S/C16H23NO4/c1-5-20-14-8-6-13(7-9-14)16(19)21-10-15(18)17-12(4)11(2)3/h6-9,11-12H,5,10H2,1-4H3,(H,17,18)/t12-/m1/s1. The maximum absolute atomic E-state index is 11.8. The lowest BCUT2D eigenvalue weighted by Crippen LogP contribution is -2.38. The topological polar surface area (TPSA) is 64.6 Å². The van der Waals surface area contributed by atoms with E-state index in [1.807, 2.05) is 27.7 Å². The summed E-state index contributed by atoms with van der Waals surface area (Å²) in [5.41, 5.74) is 0.392. The normalized spacial score (nSPS) is 11.9. The third-order valence-corrected chi connectivity index (χ3v) is 3.12. The molecule has 0 saturated heterocycles. The molecule has 0 saturated carbocycles. The summed E-state index contributed by atoms with van der Waals surface area (Å²) in [5.74, 6) is 0.203. The molecule has 0 spiro atoms. The van der Waals surface area contributed by atoms with Crippen molar-refractivity contribution in [3.05, 3.63) is 29.8 Å². The summed E-state index contributed by atoms with van der Waals surface area (Å²) in [7, 11) is 0. The third kappa shape index (κ3) is 5.85. The lowest BCUT2D eigenvalue weighted by atomic mass is 10.1. The van der Waals surface area contributed by atoms with E-state index in [0.717, 1.165) is 0 Å². The average molecular weight is 293 g/mol. The van der Waals surface area contributed by atoms with Crippen LogP contribution in [0.25, 0.3) is 0 Å². The summed E-state index contributed by atoms with van der Waals surface area (Å²) in [6.07, 6.45) is 0. The number of nitrogens with one attached hydrogen (secondary N) is 1. The Morgan fingerprint density at radius 3 is 2.29 bits per heavy atom. The quantitative estimate of drug-likeness (QED) is 0.784. The summed E-state index contributed by atoms with van der Waals surface area (Å²) in [4.78, 5) is 23.4. The first kappa shape index (κ1) is 17.0. The second-order valence-corrected chi connectivity index (χ2v) is 5.13. The second-order valence-electron chi connectivity index (χ2n) is 5.13. The zero-order valence-corrected chi connectivity index (χ0v) is 13.0. The largest absolute Gasteiger partial charge is 0.494 e. The number of ether oxygens (including phenoxy) is 2. The van der Waals surface area contributed by atoms with Gasteiger partial charge in [-0.15, -0.1) is 0 Å².